The van der Waals surface area contributed by atoms with Crippen LogP contribution >= 0.6 is 0 Å². The predicted molar refractivity (Wildman–Crippen MR) is 72.2 cm³/mol. The van der Waals surface area contributed by atoms with Gasteiger partial charge >= 0.3 is 0 Å². The zero-order chi connectivity index (χ0) is 13.4. The molecule has 0 atom stereocenters. The topological polar surface area (TPSA) is 51.6 Å². The van der Waals surface area contributed by atoms with Crippen molar-refractivity contribution in [2.75, 3.05) is 0 Å². The highest BCUT2D eigenvalue weighted by molar-refractivity contribution is 5.02. The van der Waals surface area contributed by atoms with Crippen LogP contribution in [0.25, 0.3) is 0 Å². The van der Waals surface area contributed by atoms with E-state index < -0.39 is 0 Å². The Morgan fingerprint density at radius 1 is 0.778 bits per heavy atom. The molecule has 0 aliphatic rings. The first-order valence-electron chi connectivity index (χ1n) is 6.13. The second-order valence-electron chi connectivity index (χ2n) is 4.57. The van der Waals surface area contributed by atoms with Gasteiger partial charge in [-0.3, -0.25) is 9.97 Å². The Kier molecular flexibility index (Phi) is 5.91. The van der Waals surface area contributed by atoms with Gasteiger partial charge in [0, 0.05) is 30.5 Å². The minimum atomic E-state index is 0.485. The standard InChI is InChI=1S/2C7H10N2/c1-6(2)7-5-8-3-4-9-7;1-6(2)7-3-4-8-5-9-7/h2*3-6H,1-2H3. The van der Waals surface area contributed by atoms with Crippen LogP contribution in [0.15, 0.2) is 37.2 Å². The summed E-state index contributed by atoms with van der Waals surface area (Å²) in [7, 11) is 0. The van der Waals surface area contributed by atoms with Gasteiger partial charge in [-0.05, 0) is 17.9 Å². The Hall–Kier alpha value is -1.84. The SMILES string of the molecule is CC(C)c1ccncn1.CC(C)c1cnccn1. The molecule has 2 rings (SSSR count). The lowest BCUT2D eigenvalue weighted by Gasteiger charge is -1.99. The second kappa shape index (κ2) is 7.48. The van der Waals surface area contributed by atoms with Crippen LogP contribution in [-0.4, -0.2) is 19.9 Å². The first-order chi connectivity index (χ1) is 8.61. The molecule has 0 amide bonds. The van der Waals surface area contributed by atoms with Crippen LogP contribution < -0.4 is 0 Å². The van der Waals surface area contributed by atoms with Gasteiger partial charge in [0.1, 0.15) is 6.33 Å². The molecule has 18 heavy (non-hydrogen) atoms. The van der Waals surface area contributed by atoms with Crippen LogP contribution in [0, 0.1) is 0 Å². The van der Waals surface area contributed by atoms with Crippen LogP contribution in [-0.2, 0) is 0 Å². The molecule has 0 aliphatic heterocycles. The van der Waals surface area contributed by atoms with Crippen molar-refractivity contribution in [3.8, 4) is 0 Å². The van der Waals surface area contributed by atoms with E-state index in [1.807, 2.05) is 6.07 Å². The van der Waals surface area contributed by atoms with Gasteiger partial charge in [-0.2, -0.15) is 0 Å². The average molecular weight is 244 g/mol. The lowest BCUT2D eigenvalue weighted by molar-refractivity contribution is 0.812. The van der Waals surface area contributed by atoms with Crippen molar-refractivity contribution in [3.05, 3.63) is 48.6 Å². The summed E-state index contributed by atoms with van der Waals surface area (Å²) in [6.07, 6.45) is 8.55. The summed E-state index contributed by atoms with van der Waals surface area (Å²) in [6.45, 7) is 8.43. The quantitative estimate of drug-likeness (QED) is 0.814. The van der Waals surface area contributed by atoms with Gasteiger partial charge in [-0.25, -0.2) is 9.97 Å². The van der Waals surface area contributed by atoms with Crippen LogP contribution in [0.4, 0.5) is 0 Å². The molecule has 0 spiro atoms. The van der Waals surface area contributed by atoms with E-state index >= 15 is 0 Å². The molecule has 2 heterocycles. The molecule has 0 unspecified atom stereocenters. The molecule has 0 saturated heterocycles. The van der Waals surface area contributed by atoms with Gasteiger partial charge in [0.05, 0.1) is 5.69 Å². The fraction of sp³-hybridized carbons (Fsp3) is 0.429. The summed E-state index contributed by atoms with van der Waals surface area (Å²) in [5.41, 5.74) is 2.16. The van der Waals surface area contributed by atoms with Crippen molar-refractivity contribution in [2.45, 2.75) is 39.5 Å². The monoisotopic (exact) mass is 244 g/mol. The molecule has 2 aromatic rings. The summed E-state index contributed by atoms with van der Waals surface area (Å²) in [5, 5.41) is 0. The summed E-state index contributed by atoms with van der Waals surface area (Å²) in [4.78, 5) is 15.9. The molecule has 0 saturated carbocycles. The highest BCUT2D eigenvalue weighted by Crippen LogP contribution is 2.07. The van der Waals surface area contributed by atoms with Gasteiger partial charge in [-0.15, -0.1) is 0 Å². The van der Waals surface area contributed by atoms with Crippen LogP contribution in [0.5, 0.6) is 0 Å². The van der Waals surface area contributed by atoms with Crippen molar-refractivity contribution in [2.24, 2.45) is 0 Å². The first kappa shape index (κ1) is 14.2. The van der Waals surface area contributed by atoms with E-state index in [4.69, 9.17) is 0 Å². The molecule has 0 aromatic carbocycles. The maximum Gasteiger partial charge on any atom is 0.115 e. The molecule has 0 radical (unpaired) electrons. The Morgan fingerprint density at radius 2 is 1.50 bits per heavy atom. The van der Waals surface area contributed by atoms with E-state index in [0.717, 1.165) is 11.4 Å². The number of hydrogen-bond acceptors (Lipinski definition) is 4. The fourth-order valence-electron chi connectivity index (χ4n) is 1.25. The summed E-state index contributed by atoms with van der Waals surface area (Å²) in [5.74, 6) is 0.992. The first-order valence-corrected chi connectivity index (χ1v) is 6.13. The zero-order valence-electron chi connectivity index (χ0n) is 11.4. The van der Waals surface area contributed by atoms with E-state index in [1.54, 1.807) is 31.1 Å². The lowest BCUT2D eigenvalue weighted by Crippen LogP contribution is -1.91. The lowest BCUT2D eigenvalue weighted by atomic mass is 10.1. The highest BCUT2D eigenvalue weighted by atomic mass is 14.8. The Bertz CT molecular complexity index is 383. The molecule has 0 bridgehead atoms. The number of aromatic nitrogens is 4. The number of nitrogens with zero attached hydrogens (tertiary/aromatic N) is 4. The van der Waals surface area contributed by atoms with E-state index in [0.29, 0.717) is 11.8 Å². The van der Waals surface area contributed by atoms with E-state index in [-0.39, 0.29) is 0 Å². The minimum Gasteiger partial charge on any atom is -0.261 e. The van der Waals surface area contributed by atoms with Crippen molar-refractivity contribution >= 4 is 0 Å². The molecule has 0 aliphatic carbocycles. The van der Waals surface area contributed by atoms with E-state index in [1.165, 1.54) is 0 Å². The van der Waals surface area contributed by atoms with Crippen LogP contribution in [0.2, 0.25) is 0 Å². The molecular weight excluding hydrogens is 224 g/mol. The largest absolute Gasteiger partial charge is 0.261 e. The van der Waals surface area contributed by atoms with Crippen molar-refractivity contribution < 1.29 is 0 Å². The van der Waals surface area contributed by atoms with E-state index in [9.17, 15) is 0 Å². The fourth-order valence-corrected chi connectivity index (χ4v) is 1.25. The van der Waals surface area contributed by atoms with Gasteiger partial charge in [-0.1, -0.05) is 27.7 Å². The zero-order valence-corrected chi connectivity index (χ0v) is 11.4. The molecule has 0 fully saturated rings. The van der Waals surface area contributed by atoms with Crippen molar-refractivity contribution in [1.82, 2.24) is 19.9 Å². The Balaban J connectivity index is 0.000000180. The predicted octanol–water partition coefficient (Wildman–Crippen LogP) is 3.20. The summed E-state index contributed by atoms with van der Waals surface area (Å²) in [6, 6.07) is 1.94. The smallest absolute Gasteiger partial charge is 0.115 e. The number of hydrogen-bond donors (Lipinski definition) is 0. The van der Waals surface area contributed by atoms with Gasteiger partial charge < -0.3 is 0 Å². The molecule has 4 heteroatoms. The molecule has 96 valence electrons. The van der Waals surface area contributed by atoms with Gasteiger partial charge in [0.2, 0.25) is 0 Å². The molecular formula is C14H20N4. The van der Waals surface area contributed by atoms with Crippen LogP contribution in [0.3, 0.4) is 0 Å². The second-order valence-corrected chi connectivity index (χ2v) is 4.57. The third kappa shape index (κ3) is 4.99. The summed E-state index contributed by atoms with van der Waals surface area (Å²) >= 11 is 0. The van der Waals surface area contributed by atoms with Gasteiger partial charge in [0.25, 0.3) is 0 Å². The van der Waals surface area contributed by atoms with Gasteiger partial charge in [0.15, 0.2) is 0 Å². The third-order valence-corrected chi connectivity index (χ3v) is 2.37. The Labute approximate surface area is 109 Å². The maximum absolute atomic E-state index is 4.12. The normalized spacial score (nSPS) is 10.1. The maximum atomic E-state index is 4.12. The summed E-state index contributed by atoms with van der Waals surface area (Å²) < 4.78 is 0. The number of rotatable bonds is 2. The molecule has 2 aromatic heterocycles. The molecule has 4 nitrogen and oxygen atoms in total. The average Bonchev–Trinajstić information content (AvgIpc) is 2.41. The van der Waals surface area contributed by atoms with E-state index in [2.05, 4.69) is 47.6 Å². The minimum absolute atomic E-state index is 0.485. The van der Waals surface area contributed by atoms with Crippen molar-refractivity contribution in [3.63, 3.8) is 0 Å². The molecule has 0 N–H and O–H groups in total. The third-order valence-electron chi connectivity index (χ3n) is 2.37. The van der Waals surface area contributed by atoms with Crippen molar-refractivity contribution in [1.29, 1.82) is 0 Å². The Morgan fingerprint density at radius 3 is 1.83 bits per heavy atom. The highest BCUT2D eigenvalue weighted by Gasteiger charge is 1.96. The van der Waals surface area contributed by atoms with Crippen LogP contribution in [0.1, 0.15) is 50.9 Å².